The highest BCUT2D eigenvalue weighted by Crippen LogP contribution is 2.40. The molecule has 2 heterocycles. The number of furan rings is 1. The molecule has 1 saturated carbocycles. The van der Waals surface area contributed by atoms with Crippen LogP contribution >= 0.6 is 0 Å². The van der Waals surface area contributed by atoms with Gasteiger partial charge in [-0.05, 0) is 43.5 Å². The second-order valence-electron chi connectivity index (χ2n) is 9.22. The van der Waals surface area contributed by atoms with Gasteiger partial charge in [0.25, 0.3) is 0 Å². The fourth-order valence-corrected chi connectivity index (χ4v) is 4.25. The summed E-state index contributed by atoms with van der Waals surface area (Å²) in [5.41, 5.74) is 1.62. The van der Waals surface area contributed by atoms with Gasteiger partial charge in [-0.25, -0.2) is 13.8 Å². The Kier molecular flexibility index (Phi) is 7.12. The molecule has 206 valence electrons. The number of fused-ring (bicyclic) bond motifs is 1. The first kappa shape index (κ1) is 26.7. The van der Waals surface area contributed by atoms with Gasteiger partial charge in [0.05, 0.1) is 37.5 Å². The van der Waals surface area contributed by atoms with Crippen molar-refractivity contribution in [2.75, 3.05) is 30.2 Å². The molecule has 11 heteroatoms. The number of nitrogens with one attached hydrogen (secondary N) is 3. The van der Waals surface area contributed by atoms with Gasteiger partial charge >= 0.3 is 0 Å². The van der Waals surface area contributed by atoms with Crippen LogP contribution in [0, 0.1) is 18.6 Å². The van der Waals surface area contributed by atoms with E-state index in [-0.39, 0.29) is 34.8 Å². The molecule has 1 fully saturated rings. The van der Waals surface area contributed by atoms with Crippen LogP contribution < -0.4 is 25.4 Å². The number of hydrogen-bond acceptors (Lipinski definition) is 8. The summed E-state index contributed by atoms with van der Waals surface area (Å²) in [6.07, 6.45) is 4.30. The van der Waals surface area contributed by atoms with Gasteiger partial charge in [-0.1, -0.05) is 18.7 Å². The van der Waals surface area contributed by atoms with Gasteiger partial charge in [-0.3, -0.25) is 9.59 Å². The van der Waals surface area contributed by atoms with E-state index in [0.717, 1.165) is 24.5 Å². The van der Waals surface area contributed by atoms with Crippen molar-refractivity contribution in [3.8, 4) is 11.5 Å². The largest absolute Gasteiger partial charge is 0.494 e. The number of aromatic nitrogens is 1. The zero-order valence-electron chi connectivity index (χ0n) is 22.0. The van der Waals surface area contributed by atoms with E-state index in [1.807, 2.05) is 13.0 Å². The molecule has 5 rings (SSSR count). The number of para-hydroxylation sites is 1. The third-order valence-corrected chi connectivity index (χ3v) is 6.48. The number of amides is 1. The van der Waals surface area contributed by atoms with Crippen LogP contribution in [-0.4, -0.2) is 36.9 Å². The van der Waals surface area contributed by atoms with E-state index in [9.17, 15) is 9.59 Å². The number of halogens is 2. The summed E-state index contributed by atoms with van der Waals surface area (Å²) >= 11 is 0. The quantitative estimate of drug-likeness (QED) is 0.161. The maximum Gasteiger partial charge on any atom is 0.247 e. The minimum absolute atomic E-state index is 0.0727. The molecule has 40 heavy (non-hydrogen) atoms. The number of anilines is 4. The lowest BCUT2D eigenvalue weighted by atomic mass is 10.0. The zero-order valence-corrected chi connectivity index (χ0v) is 22.0. The molecule has 0 aliphatic heterocycles. The van der Waals surface area contributed by atoms with Crippen LogP contribution in [0.3, 0.4) is 0 Å². The highest BCUT2D eigenvalue weighted by Gasteiger charge is 2.33. The molecule has 1 aliphatic rings. The van der Waals surface area contributed by atoms with Crippen molar-refractivity contribution in [3.05, 3.63) is 77.7 Å². The molecule has 0 radical (unpaired) electrons. The van der Waals surface area contributed by atoms with Gasteiger partial charge < -0.3 is 29.8 Å². The standard InChI is InChI=1S/C29H26F2N4O5/c1-5-22(36)34-17-8-6-7-14(2)26(17)35-21-11-16-20(13-32-21)40-29(27(16)33-15-9-10-15)28(37)23-24(30)18(38-3)12-19(39-4)25(23)31/h5-8,11-13,15,33H,1,9-10H2,2-4H3,(H,32,35)(H,34,36). The predicted octanol–water partition coefficient (Wildman–Crippen LogP) is 6.11. The molecule has 0 saturated heterocycles. The lowest BCUT2D eigenvalue weighted by molar-refractivity contribution is -0.111. The first-order valence-electron chi connectivity index (χ1n) is 12.4. The van der Waals surface area contributed by atoms with E-state index in [1.165, 1.54) is 26.5 Å². The minimum atomic E-state index is -1.17. The zero-order chi connectivity index (χ0) is 28.6. The smallest absolute Gasteiger partial charge is 0.247 e. The normalized spacial score (nSPS) is 12.6. The Balaban J connectivity index is 1.60. The maximum absolute atomic E-state index is 15.2. The number of pyridine rings is 1. The number of carbonyl (C=O) groups excluding carboxylic acids is 2. The summed E-state index contributed by atoms with van der Waals surface area (Å²) in [5.74, 6) is -4.32. The first-order valence-corrected chi connectivity index (χ1v) is 12.4. The molecular weight excluding hydrogens is 522 g/mol. The number of methoxy groups -OCH3 is 2. The fourth-order valence-electron chi connectivity index (χ4n) is 4.25. The Morgan fingerprint density at radius 1 is 1.10 bits per heavy atom. The molecule has 0 unspecified atom stereocenters. The van der Waals surface area contributed by atoms with E-state index in [0.29, 0.717) is 28.3 Å². The molecule has 3 N–H and O–H groups in total. The van der Waals surface area contributed by atoms with Gasteiger partial charge in [-0.2, -0.15) is 0 Å². The monoisotopic (exact) mass is 548 g/mol. The highest BCUT2D eigenvalue weighted by molar-refractivity contribution is 6.15. The minimum Gasteiger partial charge on any atom is -0.494 e. The van der Waals surface area contributed by atoms with Crippen LogP contribution in [0.4, 0.5) is 31.7 Å². The summed E-state index contributed by atoms with van der Waals surface area (Å²) in [7, 11) is 2.41. The topological polar surface area (TPSA) is 115 Å². The number of nitrogens with zero attached hydrogens (tertiary/aromatic N) is 1. The van der Waals surface area contributed by atoms with Gasteiger partial charge in [-0.15, -0.1) is 0 Å². The van der Waals surface area contributed by atoms with Gasteiger partial charge in [0, 0.05) is 17.5 Å². The lowest BCUT2D eigenvalue weighted by Gasteiger charge is -2.15. The van der Waals surface area contributed by atoms with Gasteiger partial charge in [0.2, 0.25) is 11.7 Å². The Morgan fingerprint density at radius 2 is 1.80 bits per heavy atom. The number of rotatable bonds is 10. The van der Waals surface area contributed by atoms with Crippen molar-refractivity contribution in [3.63, 3.8) is 0 Å². The van der Waals surface area contributed by atoms with Gasteiger partial charge in [0.15, 0.2) is 34.5 Å². The highest BCUT2D eigenvalue weighted by atomic mass is 19.1. The van der Waals surface area contributed by atoms with Crippen molar-refractivity contribution in [2.45, 2.75) is 25.8 Å². The lowest BCUT2D eigenvalue weighted by Crippen LogP contribution is -2.12. The van der Waals surface area contributed by atoms with Crippen molar-refractivity contribution in [2.24, 2.45) is 0 Å². The summed E-state index contributed by atoms with van der Waals surface area (Å²) in [5, 5.41) is 9.70. The SMILES string of the molecule is C=CC(=O)Nc1cccc(C)c1Nc1cc2c(NC3CC3)c(C(=O)c3c(F)c(OC)cc(OC)c3F)oc2cn1. The van der Waals surface area contributed by atoms with E-state index in [2.05, 4.69) is 27.5 Å². The third-order valence-electron chi connectivity index (χ3n) is 6.48. The summed E-state index contributed by atoms with van der Waals surface area (Å²) in [4.78, 5) is 29.9. The second-order valence-corrected chi connectivity index (χ2v) is 9.22. The molecule has 2 aromatic carbocycles. The Morgan fingerprint density at radius 3 is 2.42 bits per heavy atom. The number of hydrogen-bond donors (Lipinski definition) is 3. The van der Waals surface area contributed by atoms with Crippen molar-refractivity contribution >= 4 is 45.5 Å². The molecule has 0 spiro atoms. The van der Waals surface area contributed by atoms with Crippen molar-refractivity contribution in [1.29, 1.82) is 0 Å². The first-order chi connectivity index (χ1) is 19.2. The second kappa shape index (κ2) is 10.7. The van der Waals surface area contributed by atoms with Crippen LogP contribution in [-0.2, 0) is 4.79 Å². The fraction of sp³-hybridized carbons (Fsp3) is 0.207. The number of benzene rings is 2. The Hall–Kier alpha value is -4.93. The van der Waals surface area contributed by atoms with Gasteiger partial charge in [0.1, 0.15) is 11.4 Å². The maximum atomic E-state index is 15.2. The molecule has 0 bridgehead atoms. The van der Waals surface area contributed by atoms with E-state index < -0.39 is 23.0 Å². The number of aryl methyl sites for hydroxylation is 1. The van der Waals surface area contributed by atoms with Crippen molar-refractivity contribution < 1.29 is 32.3 Å². The molecule has 2 aromatic heterocycles. The summed E-state index contributed by atoms with van der Waals surface area (Å²) in [6.45, 7) is 5.35. The summed E-state index contributed by atoms with van der Waals surface area (Å²) in [6, 6.07) is 8.16. The Labute approximate surface area is 228 Å². The molecule has 9 nitrogen and oxygen atoms in total. The number of carbonyl (C=O) groups is 2. The molecule has 4 aromatic rings. The molecule has 1 aliphatic carbocycles. The molecular formula is C29H26F2N4O5. The van der Waals surface area contributed by atoms with Crippen LogP contribution in [0.25, 0.3) is 11.0 Å². The van der Waals surface area contributed by atoms with Crippen LogP contribution in [0.2, 0.25) is 0 Å². The number of ether oxygens (including phenoxy) is 2. The number of ketones is 1. The van der Waals surface area contributed by atoms with Crippen molar-refractivity contribution in [1.82, 2.24) is 4.98 Å². The molecule has 0 atom stereocenters. The Bertz CT molecular complexity index is 1630. The van der Waals surface area contributed by atoms with E-state index >= 15 is 8.78 Å². The molecule has 1 amide bonds. The van der Waals surface area contributed by atoms with E-state index in [4.69, 9.17) is 13.9 Å². The third kappa shape index (κ3) is 4.93. The average Bonchev–Trinajstić information content (AvgIpc) is 3.70. The summed E-state index contributed by atoms with van der Waals surface area (Å²) < 4.78 is 46.2. The van der Waals surface area contributed by atoms with Crippen LogP contribution in [0.5, 0.6) is 11.5 Å². The predicted molar refractivity (Wildman–Crippen MR) is 147 cm³/mol. The van der Waals surface area contributed by atoms with Crippen LogP contribution in [0.15, 0.2) is 53.6 Å². The van der Waals surface area contributed by atoms with Crippen LogP contribution in [0.1, 0.15) is 34.5 Å². The average molecular weight is 549 g/mol. The van der Waals surface area contributed by atoms with E-state index in [1.54, 1.807) is 18.2 Å².